The zero-order valence-electron chi connectivity index (χ0n) is 12.9. The van der Waals surface area contributed by atoms with E-state index in [1.54, 1.807) is 24.3 Å². The third-order valence-corrected chi connectivity index (χ3v) is 3.97. The van der Waals surface area contributed by atoms with E-state index in [4.69, 9.17) is 15.7 Å². The lowest BCUT2D eigenvalue weighted by Crippen LogP contribution is -2.37. The molecular formula is C17H16N2O6. The fraction of sp³-hybridized carbons (Fsp3) is 0.118. The van der Waals surface area contributed by atoms with Gasteiger partial charge in [-0.1, -0.05) is 12.1 Å². The predicted octanol–water partition coefficient (Wildman–Crippen LogP) is 1.20. The molecule has 8 heteroatoms. The van der Waals surface area contributed by atoms with Crippen molar-refractivity contribution in [2.45, 2.75) is 12.0 Å². The van der Waals surface area contributed by atoms with Gasteiger partial charge in [0.2, 0.25) is 5.91 Å². The number of phenolic OH excluding ortho intramolecular Hbond substituents is 2. The number of ether oxygens (including phenoxy) is 1. The molecule has 1 amide bonds. The van der Waals surface area contributed by atoms with Crippen LogP contribution in [0.15, 0.2) is 42.7 Å². The second-order valence-corrected chi connectivity index (χ2v) is 5.68. The van der Waals surface area contributed by atoms with Crippen LogP contribution in [0.5, 0.6) is 17.2 Å². The SMILES string of the molecule is Nc1cccc(C2=COc3cc(O)cc(O)c3C2(O)CC(=O)NO)c1. The van der Waals surface area contributed by atoms with E-state index in [9.17, 15) is 20.1 Å². The Morgan fingerprint density at radius 1 is 1.24 bits per heavy atom. The highest BCUT2D eigenvalue weighted by Crippen LogP contribution is 2.51. The van der Waals surface area contributed by atoms with Crippen molar-refractivity contribution >= 4 is 17.2 Å². The summed E-state index contributed by atoms with van der Waals surface area (Å²) in [6.07, 6.45) is 0.611. The monoisotopic (exact) mass is 344 g/mol. The van der Waals surface area contributed by atoms with Gasteiger partial charge in [-0.25, -0.2) is 5.48 Å². The molecule has 25 heavy (non-hydrogen) atoms. The summed E-state index contributed by atoms with van der Waals surface area (Å²) in [5.74, 6) is -1.63. The molecule has 0 aliphatic carbocycles. The average Bonchev–Trinajstić information content (AvgIpc) is 2.53. The van der Waals surface area contributed by atoms with E-state index in [1.165, 1.54) is 17.8 Å². The average molecular weight is 344 g/mol. The van der Waals surface area contributed by atoms with Crippen LogP contribution in [0.3, 0.4) is 0 Å². The van der Waals surface area contributed by atoms with Gasteiger partial charge in [-0.2, -0.15) is 0 Å². The molecule has 0 bridgehead atoms. The number of phenols is 2. The number of anilines is 1. The van der Waals surface area contributed by atoms with Crippen molar-refractivity contribution in [2.75, 3.05) is 5.73 Å². The molecule has 3 rings (SSSR count). The minimum atomic E-state index is -2.02. The molecule has 0 saturated carbocycles. The number of amides is 1. The molecule has 0 aromatic heterocycles. The summed E-state index contributed by atoms with van der Waals surface area (Å²) in [7, 11) is 0. The standard InChI is InChI=1S/C17H16N2O6/c18-10-3-1-2-9(4-10)12-8-25-14-6-11(20)5-13(21)16(14)17(12,23)7-15(22)19-24/h1-6,8,20-21,23-24H,7,18H2,(H,19,22). The number of hydroxylamine groups is 1. The highest BCUT2D eigenvalue weighted by molar-refractivity contribution is 5.86. The lowest BCUT2D eigenvalue weighted by atomic mass is 9.78. The van der Waals surface area contributed by atoms with Crippen molar-refractivity contribution in [3.05, 3.63) is 53.8 Å². The summed E-state index contributed by atoms with van der Waals surface area (Å²) in [5, 5.41) is 40.0. The second-order valence-electron chi connectivity index (χ2n) is 5.68. The minimum absolute atomic E-state index is 0.0154. The summed E-state index contributed by atoms with van der Waals surface area (Å²) in [6, 6.07) is 8.74. The van der Waals surface area contributed by atoms with Crippen molar-refractivity contribution in [1.82, 2.24) is 5.48 Å². The number of nitrogens with one attached hydrogen (secondary N) is 1. The zero-order chi connectivity index (χ0) is 18.2. The van der Waals surface area contributed by atoms with Gasteiger partial charge in [0.1, 0.15) is 22.8 Å². The van der Waals surface area contributed by atoms with Crippen molar-refractivity contribution < 1.29 is 30.1 Å². The van der Waals surface area contributed by atoms with Crippen LogP contribution in [0.25, 0.3) is 5.57 Å². The summed E-state index contributed by atoms with van der Waals surface area (Å²) >= 11 is 0. The van der Waals surface area contributed by atoms with Crippen LogP contribution in [0, 0.1) is 0 Å². The van der Waals surface area contributed by atoms with Gasteiger partial charge in [0.05, 0.1) is 18.2 Å². The number of nitrogens with two attached hydrogens (primary N) is 1. The van der Waals surface area contributed by atoms with Gasteiger partial charge in [-0.15, -0.1) is 0 Å². The Morgan fingerprint density at radius 2 is 2.00 bits per heavy atom. The van der Waals surface area contributed by atoms with Gasteiger partial charge in [-0.3, -0.25) is 10.0 Å². The molecule has 1 heterocycles. The molecule has 1 atom stereocenters. The molecule has 1 aliphatic heterocycles. The molecule has 0 saturated heterocycles. The maximum atomic E-state index is 11.8. The summed E-state index contributed by atoms with van der Waals surface area (Å²) in [6.45, 7) is 0. The van der Waals surface area contributed by atoms with Gasteiger partial charge in [-0.05, 0) is 17.7 Å². The first kappa shape index (κ1) is 16.6. The van der Waals surface area contributed by atoms with E-state index in [-0.39, 0.29) is 22.6 Å². The van der Waals surface area contributed by atoms with Gasteiger partial charge < -0.3 is 25.8 Å². The topological polar surface area (TPSA) is 145 Å². The van der Waals surface area contributed by atoms with Crippen LogP contribution in [0.2, 0.25) is 0 Å². The van der Waals surface area contributed by atoms with Crippen molar-refractivity contribution in [2.24, 2.45) is 0 Å². The predicted molar refractivity (Wildman–Crippen MR) is 87.7 cm³/mol. The van der Waals surface area contributed by atoms with Crippen LogP contribution in [-0.2, 0) is 10.4 Å². The third-order valence-electron chi connectivity index (χ3n) is 3.97. The second kappa shape index (κ2) is 6.00. The fourth-order valence-corrected chi connectivity index (χ4v) is 2.92. The molecule has 2 aromatic rings. The maximum Gasteiger partial charge on any atom is 0.246 e. The number of benzene rings is 2. The number of fused-ring (bicyclic) bond motifs is 1. The van der Waals surface area contributed by atoms with E-state index < -0.39 is 23.7 Å². The Morgan fingerprint density at radius 3 is 2.68 bits per heavy atom. The smallest absolute Gasteiger partial charge is 0.246 e. The molecule has 1 aliphatic rings. The Bertz CT molecular complexity index is 879. The summed E-state index contributed by atoms with van der Waals surface area (Å²) in [4.78, 5) is 11.8. The van der Waals surface area contributed by atoms with E-state index >= 15 is 0 Å². The number of hydrogen-bond acceptors (Lipinski definition) is 7. The van der Waals surface area contributed by atoms with E-state index in [2.05, 4.69) is 0 Å². The maximum absolute atomic E-state index is 11.8. The Hall–Kier alpha value is -3.23. The number of carbonyl (C=O) groups excluding carboxylic acids is 1. The first-order valence-electron chi connectivity index (χ1n) is 7.30. The third kappa shape index (κ3) is 2.84. The highest BCUT2D eigenvalue weighted by Gasteiger charge is 2.44. The highest BCUT2D eigenvalue weighted by atomic mass is 16.5. The van der Waals surface area contributed by atoms with Crippen LogP contribution < -0.4 is 16.0 Å². The molecule has 130 valence electrons. The molecule has 7 N–H and O–H groups in total. The molecule has 8 nitrogen and oxygen atoms in total. The number of aliphatic hydroxyl groups is 1. The lowest BCUT2D eigenvalue weighted by Gasteiger charge is -2.35. The molecule has 2 aromatic carbocycles. The Labute approximate surface area is 142 Å². The number of carbonyl (C=O) groups is 1. The fourth-order valence-electron chi connectivity index (χ4n) is 2.92. The Balaban J connectivity index is 2.22. The molecule has 0 spiro atoms. The number of hydrogen-bond donors (Lipinski definition) is 6. The number of nitrogen functional groups attached to an aromatic ring is 1. The number of aromatic hydroxyl groups is 2. The van der Waals surface area contributed by atoms with E-state index in [0.717, 1.165) is 6.07 Å². The van der Waals surface area contributed by atoms with Crippen molar-refractivity contribution in [1.29, 1.82) is 0 Å². The normalized spacial score (nSPS) is 18.7. The minimum Gasteiger partial charge on any atom is -0.508 e. The lowest BCUT2D eigenvalue weighted by molar-refractivity contribution is -0.133. The Kier molecular flexibility index (Phi) is 3.99. The number of rotatable bonds is 3. The zero-order valence-corrected chi connectivity index (χ0v) is 12.9. The summed E-state index contributed by atoms with van der Waals surface area (Å²) < 4.78 is 5.43. The van der Waals surface area contributed by atoms with Gasteiger partial charge in [0.15, 0.2) is 0 Å². The van der Waals surface area contributed by atoms with Crippen molar-refractivity contribution in [3.63, 3.8) is 0 Å². The first-order chi connectivity index (χ1) is 11.8. The van der Waals surface area contributed by atoms with E-state index in [0.29, 0.717) is 11.3 Å². The van der Waals surface area contributed by atoms with Crippen molar-refractivity contribution in [3.8, 4) is 17.2 Å². The first-order valence-corrected chi connectivity index (χ1v) is 7.30. The summed E-state index contributed by atoms with van der Waals surface area (Å²) in [5.41, 5.74) is 6.16. The molecule has 1 unspecified atom stereocenters. The van der Waals surface area contributed by atoms with Crippen LogP contribution in [0.1, 0.15) is 17.5 Å². The van der Waals surface area contributed by atoms with E-state index in [1.807, 2.05) is 0 Å². The molecule has 0 radical (unpaired) electrons. The van der Waals surface area contributed by atoms with Crippen LogP contribution in [-0.4, -0.2) is 26.4 Å². The van der Waals surface area contributed by atoms with Crippen LogP contribution in [0.4, 0.5) is 5.69 Å². The van der Waals surface area contributed by atoms with Crippen LogP contribution >= 0.6 is 0 Å². The largest absolute Gasteiger partial charge is 0.508 e. The quantitative estimate of drug-likeness (QED) is 0.279. The van der Waals surface area contributed by atoms with Gasteiger partial charge in [0.25, 0.3) is 0 Å². The molecule has 0 fully saturated rings. The molecular weight excluding hydrogens is 328 g/mol. The van der Waals surface area contributed by atoms with Gasteiger partial charge >= 0.3 is 0 Å². The van der Waals surface area contributed by atoms with Gasteiger partial charge in [0, 0.05) is 23.4 Å².